The fourth-order valence-corrected chi connectivity index (χ4v) is 6.52. The van der Waals surface area contributed by atoms with Gasteiger partial charge in [-0.2, -0.15) is 0 Å². The van der Waals surface area contributed by atoms with Crippen molar-refractivity contribution >= 4 is 23.2 Å². The van der Waals surface area contributed by atoms with Crippen LogP contribution in [0.15, 0.2) is 29.0 Å². The molecule has 4 rings (SSSR count). The van der Waals surface area contributed by atoms with E-state index in [1.807, 2.05) is 27.9 Å². The van der Waals surface area contributed by atoms with Gasteiger partial charge in [0.15, 0.2) is 11.4 Å². The van der Waals surface area contributed by atoms with Crippen molar-refractivity contribution in [2.45, 2.75) is 63.1 Å². The summed E-state index contributed by atoms with van der Waals surface area (Å²) in [5, 5.41) is 56.3. The van der Waals surface area contributed by atoms with Crippen LogP contribution in [0.25, 0.3) is 5.76 Å². The van der Waals surface area contributed by atoms with Gasteiger partial charge in [0.2, 0.25) is 5.78 Å². The molecule has 10 nitrogen and oxygen atoms in total. The van der Waals surface area contributed by atoms with E-state index in [-0.39, 0.29) is 16.9 Å². The second-order valence-corrected chi connectivity index (χ2v) is 11.7. The van der Waals surface area contributed by atoms with E-state index in [1.54, 1.807) is 19.1 Å². The van der Waals surface area contributed by atoms with E-state index in [4.69, 9.17) is 5.73 Å². The van der Waals surface area contributed by atoms with E-state index in [0.717, 1.165) is 19.4 Å². The molecule has 0 bridgehead atoms. The standard InChI is InChI=1S/C28H36N2O8/c1-12-13-7-8-14(27(2,3)9-6-10-30(4)5)21(32)18(13)23(34)20-17(12)22(33)15-11-16(31)19(26(29)37)24(35)28(15,38)25(20)36/h7-8,12,15,17,22,32-35,38H,6,9-11H2,1-5H3,(H2,29,37). The summed E-state index contributed by atoms with van der Waals surface area (Å²) in [6.45, 7) is 6.51. The van der Waals surface area contributed by atoms with Crippen LogP contribution in [0.1, 0.15) is 62.6 Å². The predicted octanol–water partition coefficient (Wildman–Crippen LogP) is 1.58. The Morgan fingerprint density at radius 2 is 1.82 bits per heavy atom. The number of aliphatic hydroxyl groups excluding tert-OH is 3. The Morgan fingerprint density at radius 3 is 2.39 bits per heavy atom. The molecule has 206 valence electrons. The fraction of sp³-hybridized carbons (Fsp3) is 0.536. The number of aromatic hydroxyl groups is 1. The van der Waals surface area contributed by atoms with Crippen molar-refractivity contribution in [1.82, 2.24) is 4.90 Å². The number of amides is 1. The molecule has 1 fully saturated rings. The molecular formula is C28H36N2O8. The topological polar surface area (TPSA) is 182 Å². The Labute approximate surface area is 221 Å². The molecule has 3 aliphatic carbocycles. The van der Waals surface area contributed by atoms with Crippen LogP contribution in [0.5, 0.6) is 5.75 Å². The first-order chi connectivity index (χ1) is 17.6. The quantitative estimate of drug-likeness (QED) is 0.299. The average Bonchev–Trinajstić information content (AvgIpc) is 2.81. The molecule has 0 aliphatic heterocycles. The van der Waals surface area contributed by atoms with Gasteiger partial charge in [0.25, 0.3) is 5.91 Å². The number of phenols is 1. The van der Waals surface area contributed by atoms with Gasteiger partial charge in [-0.1, -0.05) is 32.9 Å². The van der Waals surface area contributed by atoms with Gasteiger partial charge in [0.1, 0.15) is 22.8 Å². The number of hydrogen-bond donors (Lipinski definition) is 6. The maximum Gasteiger partial charge on any atom is 0.255 e. The number of carbonyl (C=O) groups is 3. The maximum absolute atomic E-state index is 13.8. The predicted molar refractivity (Wildman–Crippen MR) is 138 cm³/mol. The summed E-state index contributed by atoms with van der Waals surface area (Å²) in [7, 11) is 3.95. The molecule has 0 radical (unpaired) electrons. The molecule has 1 amide bonds. The van der Waals surface area contributed by atoms with Crippen LogP contribution in [0.4, 0.5) is 0 Å². The van der Waals surface area contributed by atoms with E-state index in [9.17, 15) is 39.9 Å². The maximum atomic E-state index is 13.8. The number of rotatable bonds is 6. The lowest BCUT2D eigenvalue weighted by Gasteiger charge is -2.50. The van der Waals surface area contributed by atoms with Crippen LogP contribution in [0.2, 0.25) is 0 Å². The minimum absolute atomic E-state index is 0.0232. The van der Waals surface area contributed by atoms with E-state index in [1.165, 1.54) is 0 Å². The third-order valence-corrected chi connectivity index (χ3v) is 8.64. The largest absolute Gasteiger partial charge is 0.508 e. The minimum Gasteiger partial charge on any atom is -0.508 e. The highest BCUT2D eigenvalue weighted by Crippen LogP contribution is 2.56. The number of aliphatic hydroxyl groups is 4. The summed E-state index contributed by atoms with van der Waals surface area (Å²) in [5.74, 6) is -8.50. The van der Waals surface area contributed by atoms with Gasteiger partial charge in [-0.05, 0) is 50.4 Å². The zero-order chi connectivity index (χ0) is 28.5. The molecule has 0 spiro atoms. The lowest BCUT2D eigenvalue weighted by Crippen LogP contribution is -2.63. The van der Waals surface area contributed by atoms with E-state index < -0.39 is 75.9 Å². The van der Waals surface area contributed by atoms with Crippen molar-refractivity contribution in [2.24, 2.45) is 17.6 Å². The van der Waals surface area contributed by atoms with Gasteiger partial charge in [-0.25, -0.2) is 0 Å². The molecule has 3 aliphatic rings. The first-order valence-corrected chi connectivity index (χ1v) is 12.7. The van der Waals surface area contributed by atoms with Crippen molar-refractivity contribution in [3.8, 4) is 5.75 Å². The number of phenolic OH excluding ortho intramolecular Hbond substituents is 1. The van der Waals surface area contributed by atoms with Gasteiger partial charge in [-0.3, -0.25) is 14.4 Å². The Balaban J connectivity index is 1.89. The van der Waals surface area contributed by atoms with E-state index in [0.29, 0.717) is 11.1 Å². The number of fused-ring (bicyclic) bond motifs is 3. The van der Waals surface area contributed by atoms with Gasteiger partial charge in [0, 0.05) is 29.4 Å². The molecule has 5 unspecified atom stereocenters. The summed E-state index contributed by atoms with van der Waals surface area (Å²) in [4.78, 5) is 40.2. The average molecular weight is 529 g/mol. The van der Waals surface area contributed by atoms with Crippen molar-refractivity contribution in [3.05, 3.63) is 45.7 Å². The highest BCUT2D eigenvalue weighted by atomic mass is 16.4. The number of nitrogens with two attached hydrogens (primary N) is 1. The Morgan fingerprint density at radius 1 is 1.18 bits per heavy atom. The number of carbonyl (C=O) groups excluding carboxylic acids is 3. The van der Waals surface area contributed by atoms with Crippen LogP contribution in [0.3, 0.4) is 0 Å². The number of benzene rings is 1. The zero-order valence-electron chi connectivity index (χ0n) is 22.3. The van der Waals surface area contributed by atoms with Crippen molar-refractivity contribution in [1.29, 1.82) is 0 Å². The third kappa shape index (κ3) is 3.85. The SMILES string of the molecule is CC1c2ccc(C(C)(C)CCCN(C)C)c(O)c2C(O)=C2C(=O)C3(O)C(O)=C(C(N)=O)C(=O)CC3C(O)C21. The summed E-state index contributed by atoms with van der Waals surface area (Å²) in [6.07, 6.45) is -0.549. The smallest absolute Gasteiger partial charge is 0.255 e. The van der Waals surface area contributed by atoms with E-state index >= 15 is 0 Å². The first-order valence-electron chi connectivity index (χ1n) is 12.7. The lowest BCUT2D eigenvalue weighted by molar-refractivity contribution is -0.160. The van der Waals surface area contributed by atoms with Gasteiger partial charge >= 0.3 is 0 Å². The third-order valence-electron chi connectivity index (χ3n) is 8.64. The number of ketones is 2. The number of nitrogens with zero attached hydrogens (tertiary/aromatic N) is 1. The molecule has 0 heterocycles. The minimum atomic E-state index is -2.84. The van der Waals surface area contributed by atoms with Crippen LogP contribution in [0, 0.1) is 11.8 Å². The molecule has 7 N–H and O–H groups in total. The Bertz CT molecular complexity index is 1290. The van der Waals surface area contributed by atoms with Crippen LogP contribution in [-0.2, 0) is 19.8 Å². The molecule has 5 atom stereocenters. The normalized spacial score (nSPS) is 29.4. The summed E-state index contributed by atoms with van der Waals surface area (Å²) in [5.41, 5.74) is 1.70. The highest BCUT2D eigenvalue weighted by Gasteiger charge is 2.64. The second kappa shape index (κ2) is 9.21. The summed E-state index contributed by atoms with van der Waals surface area (Å²) >= 11 is 0. The lowest BCUT2D eigenvalue weighted by atomic mass is 9.55. The van der Waals surface area contributed by atoms with Crippen LogP contribution < -0.4 is 5.73 Å². The van der Waals surface area contributed by atoms with Crippen LogP contribution >= 0.6 is 0 Å². The van der Waals surface area contributed by atoms with Crippen molar-refractivity contribution in [3.63, 3.8) is 0 Å². The monoisotopic (exact) mass is 528 g/mol. The molecule has 10 heteroatoms. The highest BCUT2D eigenvalue weighted by molar-refractivity contribution is 6.23. The first kappa shape index (κ1) is 27.8. The molecule has 0 aromatic heterocycles. The zero-order valence-corrected chi connectivity index (χ0v) is 22.3. The Hall–Kier alpha value is -3.21. The summed E-state index contributed by atoms with van der Waals surface area (Å²) < 4.78 is 0. The fourth-order valence-electron chi connectivity index (χ4n) is 6.52. The molecule has 1 saturated carbocycles. The van der Waals surface area contributed by atoms with E-state index in [2.05, 4.69) is 4.90 Å². The second-order valence-electron chi connectivity index (χ2n) is 11.7. The van der Waals surface area contributed by atoms with Crippen LogP contribution in [-0.4, -0.2) is 80.3 Å². The molecular weight excluding hydrogens is 492 g/mol. The summed E-state index contributed by atoms with van der Waals surface area (Å²) in [6, 6.07) is 3.53. The van der Waals surface area contributed by atoms with Gasteiger partial charge in [0.05, 0.1) is 11.7 Å². The van der Waals surface area contributed by atoms with Gasteiger partial charge < -0.3 is 36.2 Å². The van der Waals surface area contributed by atoms with Gasteiger partial charge in [-0.15, -0.1) is 0 Å². The van der Waals surface area contributed by atoms with Crippen molar-refractivity contribution < 1.29 is 39.9 Å². The molecule has 1 aromatic rings. The molecule has 0 saturated heterocycles. The number of primary amides is 1. The number of hydrogen-bond acceptors (Lipinski definition) is 9. The number of Topliss-reactive ketones (excluding diaryl/α,β-unsaturated/α-hetero) is 2. The molecule has 38 heavy (non-hydrogen) atoms. The molecule has 1 aromatic carbocycles. The Kier molecular flexibility index (Phi) is 6.75. The van der Waals surface area contributed by atoms with Crippen molar-refractivity contribution in [2.75, 3.05) is 20.6 Å².